The lowest BCUT2D eigenvalue weighted by Crippen LogP contribution is -2.40. The van der Waals surface area contributed by atoms with E-state index in [2.05, 4.69) is 24.3 Å². The molecule has 1 N–H and O–H groups in total. The molecule has 5 nitrogen and oxygen atoms in total. The van der Waals surface area contributed by atoms with Crippen LogP contribution in [0.5, 0.6) is 5.75 Å². The van der Waals surface area contributed by atoms with E-state index in [0.29, 0.717) is 18.7 Å². The smallest absolute Gasteiger partial charge is 0.347 e. The first kappa shape index (κ1) is 21.9. The number of likely N-dealkylation sites (tertiary alicyclic amines) is 1. The molecule has 1 atom stereocenters. The number of hydrogen-bond donors (Lipinski definition) is 1. The lowest BCUT2D eigenvalue weighted by molar-refractivity contribution is -0.152. The van der Waals surface area contributed by atoms with Gasteiger partial charge in [0, 0.05) is 19.0 Å². The van der Waals surface area contributed by atoms with Crippen molar-refractivity contribution >= 4 is 22.6 Å². The number of rotatable bonds is 6. The van der Waals surface area contributed by atoms with Gasteiger partial charge in [-0.25, -0.2) is 4.79 Å². The number of carbonyl (C=O) groups is 2. The van der Waals surface area contributed by atoms with E-state index in [1.807, 2.05) is 41.3 Å². The molecule has 1 aliphatic rings. The van der Waals surface area contributed by atoms with Gasteiger partial charge in [-0.3, -0.25) is 4.79 Å². The standard InChI is InChI=1S/C27H29NO4/c1-27(2,26(30)31)32-24-11-5-9-22(17-24)23-10-6-14-28(18-23)25(29)16-19-12-13-20-7-3-4-8-21(20)15-19/h3-5,7-9,11-13,15,17,23H,6,10,14,16,18H2,1-2H3,(H,30,31)/t23-/m1/s1. The number of fused-ring (bicyclic) bond motifs is 1. The summed E-state index contributed by atoms with van der Waals surface area (Å²) in [5.41, 5.74) is 0.807. The molecule has 32 heavy (non-hydrogen) atoms. The molecule has 0 spiro atoms. The molecule has 1 aliphatic heterocycles. The Kier molecular flexibility index (Phi) is 6.17. The van der Waals surface area contributed by atoms with Crippen LogP contribution in [0.1, 0.15) is 43.7 Å². The molecule has 0 bridgehead atoms. The van der Waals surface area contributed by atoms with E-state index in [-0.39, 0.29) is 11.8 Å². The van der Waals surface area contributed by atoms with Crippen LogP contribution in [0.3, 0.4) is 0 Å². The van der Waals surface area contributed by atoms with Gasteiger partial charge in [0.2, 0.25) is 5.91 Å². The van der Waals surface area contributed by atoms with E-state index >= 15 is 0 Å². The van der Waals surface area contributed by atoms with Gasteiger partial charge in [-0.1, -0.05) is 54.6 Å². The SMILES string of the molecule is CC(C)(Oc1cccc([C@@H]2CCCN(C(=O)Cc3ccc4ccccc4c3)C2)c1)C(=O)O. The minimum absolute atomic E-state index is 0.143. The summed E-state index contributed by atoms with van der Waals surface area (Å²) >= 11 is 0. The van der Waals surface area contributed by atoms with Crippen molar-refractivity contribution in [2.24, 2.45) is 0 Å². The van der Waals surface area contributed by atoms with Crippen LogP contribution in [0.4, 0.5) is 0 Å². The molecule has 0 unspecified atom stereocenters. The second kappa shape index (κ2) is 9.03. The van der Waals surface area contributed by atoms with Crippen molar-refractivity contribution in [1.82, 2.24) is 4.90 Å². The van der Waals surface area contributed by atoms with Crippen molar-refractivity contribution in [2.45, 2.75) is 44.6 Å². The van der Waals surface area contributed by atoms with Crippen molar-refractivity contribution in [2.75, 3.05) is 13.1 Å². The van der Waals surface area contributed by atoms with Gasteiger partial charge in [0.05, 0.1) is 6.42 Å². The zero-order valence-electron chi connectivity index (χ0n) is 18.6. The van der Waals surface area contributed by atoms with Crippen LogP contribution >= 0.6 is 0 Å². The number of carbonyl (C=O) groups excluding carboxylic acids is 1. The quantitative estimate of drug-likeness (QED) is 0.594. The van der Waals surface area contributed by atoms with E-state index in [4.69, 9.17) is 4.74 Å². The van der Waals surface area contributed by atoms with Crippen LogP contribution in [0.15, 0.2) is 66.7 Å². The van der Waals surface area contributed by atoms with Crippen molar-refractivity contribution in [3.05, 3.63) is 77.9 Å². The van der Waals surface area contributed by atoms with Crippen molar-refractivity contribution in [3.63, 3.8) is 0 Å². The van der Waals surface area contributed by atoms with Crippen LogP contribution in [-0.2, 0) is 16.0 Å². The Morgan fingerprint density at radius 3 is 2.59 bits per heavy atom. The predicted molar refractivity (Wildman–Crippen MR) is 125 cm³/mol. The number of benzene rings is 3. The Morgan fingerprint density at radius 2 is 1.81 bits per heavy atom. The third kappa shape index (κ3) is 4.93. The number of carboxylic acids is 1. The molecule has 0 saturated carbocycles. The summed E-state index contributed by atoms with van der Waals surface area (Å²) in [7, 11) is 0. The molecule has 166 valence electrons. The summed E-state index contributed by atoms with van der Waals surface area (Å²) in [5.74, 6) is -0.120. The maximum Gasteiger partial charge on any atom is 0.347 e. The molecule has 4 rings (SSSR count). The Morgan fingerprint density at radius 1 is 1.03 bits per heavy atom. The number of piperidine rings is 1. The van der Waals surface area contributed by atoms with Crippen molar-refractivity contribution in [3.8, 4) is 5.75 Å². The summed E-state index contributed by atoms with van der Waals surface area (Å²) in [6.45, 7) is 4.51. The number of amides is 1. The Balaban J connectivity index is 1.44. The Hall–Kier alpha value is -3.34. The third-order valence-electron chi connectivity index (χ3n) is 6.16. The van der Waals surface area contributed by atoms with Gasteiger partial charge in [-0.2, -0.15) is 0 Å². The van der Waals surface area contributed by atoms with Gasteiger partial charge in [0.25, 0.3) is 0 Å². The van der Waals surface area contributed by atoms with Gasteiger partial charge in [-0.05, 0) is 60.7 Å². The Labute approximate surface area is 188 Å². The average molecular weight is 432 g/mol. The van der Waals surface area contributed by atoms with Crippen LogP contribution < -0.4 is 4.74 Å². The number of ether oxygens (including phenoxy) is 1. The molecule has 0 aromatic heterocycles. The Bertz CT molecular complexity index is 1140. The molecule has 1 saturated heterocycles. The highest BCUT2D eigenvalue weighted by Gasteiger charge is 2.30. The van der Waals surface area contributed by atoms with E-state index in [1.54, 1.807) is 6.07 Å². The van der Waals surface area contributed by atoms with Gasteiger partial charge in [-0.15, -0.1) is 0 Å². The number of carboxylic acid groups (broad SMARTS) is 1. The summed E-state index contributed by atoms with van der Waals surface area (Å²) < 4.78 is 5.70. The highest BCUT2D eigenvalue weighted by molar-refractivity contribution is 5.85. The van der Waals surface area contributed by atoms with Crippen molar-refractivity contribution in [1.29, 1.82) is 0 Å². The summed E-state index contributed by atoms with van der Waals surface area (Å²) in [6, 6.07) is 22.0. The maximum atomic E-state index is 13.0. The minimum atomic E-state index is -1.30. The van der Waals surface area contributed by atoms with E-state index in [0.717, 1.165) is 35.9 Å². The largest absolute Gasteiger partial charge is 0.478 e. The van der Waals surface area contributed by atoms with Gasteiger partial charge >= 0.3 is 5.97 Å². The molecular formula is C27H29NO4. The number of hydrogen-bond acceptors (Lipinski definition) is 3. The molecular weight excluding hydrogens is 402 g/mol. The lowest BCUT2D eigenvalue weighted by Gasteiger charge is -2.33. The summed E-state index contributed by atoms with van der Waals surface area (Å²) in [5, 5.41) is 11.7. The predicted octanol–water partition coefficient (Wildman–Crippen LogP) is 5.03. The summed E-state index contributed by atoms with van der Waals surface area (Å²) in [6.07, 6.45) is 2.33. The first-order valence-corrected chi connectivity index (χ1v) is 11.1. The molecule has 5 heteroatoms. The molecule has 0 aliphatic carbocycles. The first-order chi connectivity index (χ1) is 15.3. The number of nitrogens with zero attached hydrogens (tertiary/aromatic N) is 1. The molecule has 1 heterocycles. The number of aliphatic carboxylic acids is 1. The van der Waals surface area contributed by atoms with E-state index in [9.17, 15) is 14.7 Å². The topological polar surface area (TPSA) is 66.8 Å². The van der Waals surface area contributed by atoms with E-state index in [1.165, 1.54) is 19.2 Å². The molecule has 3 aromatic carbocycles. The second-order valence-corrected chi connectivity index (χ2v) is 9.03. The van der Waals surface area contributed by atoms with Crippen LogP contribution in [0.25, 0.3) is 10.8 Å². The maximum absolute atomic E-state index is 13.0. The van der Waals surface area contributed by atoms with Crippen LogP contribution in [0.2, 0.25) is 0 Å². The lowest BCUT2D eigenvalue weighted by atomic mass is 9.90. The molecule has 0 radical (unpaired) electrons. The monoisotopic (exact) mass is 431 g/mol. The highest BCUT2D eigenvalue weighted by Crippen LogP contribution is 2.30. The van der Waals surface area contributed by atoms with Gasteiger partial charge in [0.15, 0.2) is 5.60 Å². The van der Waals surface area contributed by atoms with Crippen molar-refractivity contribution < 1.29 is 19.4 Å². The zero-order valence-corrected chi connectivity index (χ0v) is 18.6. The van der Waals surface area contributed by atoms with Crippen LogP contribution in [0, 0.1) is 0 Å². The fraction of sp³-hybridized carbons (Fsp3) is 0.333. The van der Waals surface area contributed by atoms with Gasteiger partial charge in [0.1, 0.15) is 5.75 Å². The van der Waals surface area contributed by atoms with Crippen LogP contribution in [-0.4, -0.2) is 40.6 Å². The fourth-order valence-electron chi connectivity index (χ4n) is 4.28. The molecule has 1 amide bonds. The third-order valence-corrected chi connectivity index (χ3v) is 6.16. The van der Waals surface area contributed by atoms with E-state index < -0.39 is 11.6 Å². The zero-order chi connectivity index (χ0) is 22.7. The average Bonchev–Trinajstić information content (AvgIpc) is 2.79. The van der Waals surface area contributed by atoms with Gasteiger partial charge < -0.3 is 14.7 Å². The molecule has 3 aromatic rings. The fourth-order valence-corrected chi connectivity index (χ4v) is 4.28. The minimum Gasteiger partial charge on any atom is -0.478 e. The highest BCUT2D eigenvalue weighted by atomic mass is 16.5. The normalized spacial score (nSPS) is 16.7. The second-order valence-electron chi connectivity index (χ2n) is 9.03. The summed E-state index contributed by atoms with van der Waals surface area (Å²) in [4.78, 5) is 26.4. The first-order valence-electron chi connectivity index (χ1n) is 11.1. The molecule has 1 fully saturated rings.